The van der Waals surface area contributed by atoms with Crippen LogP contribution in [-0.2, 0) is 14.4 Å². The van der Waals surface area contributed by atoms with E-state index in [2.05, 4.69) is 5.16 Å². The predicted molar refractivity (Wildman–Crippen MR) is 83.0 cm³/mol. The quantitative estimate of drug-likeness (QED) is 0.829. The van der Waals surface area contributed by atoms with Gasteiger partial charge >= 0.3 is 0 Å². The molecule has 2 heterocycles. The number of para-hydroxylation sites is 1. The van der Waals surface area contributed by atoms with Crippen LogP contribution < -0.4 is 9.47 Å². The van der Waals surface area contributed by atoms with E-state index in [1.165, 1.54) is 0 Å². The Labute approximate surface area is 134 Å². The molecule has 23 heavy (non-hydrogen) atoms. The van der Waals surface area contributed by atoms with E-state index in [4.69, 9.17) is 19.0 Å². The second kappa shape index (κ2) is 6.87. The molecule has 1 atom stereocenters. The molecule has 124 valence electrons. The summed E-state index contributed by atoms with van der Waals surface area (Å²) in [5.74, 6) is 1.17. The van der Waals surface area contributed by atoms with Crippen molar-refractivity contribution in [2.24, 2.45) is 5.16 Å². The summed E-state index contributed by atoms with van der Waals surface area (Å²) in [5.41, 5.74) is 1.47. The zero-order chi connectivity index (χ0) is 16.2. The van der Waals surface area contributed by atoms with Crippen molar-refractivity contribution in [3.05, 3.63) is 23.8 Å². The second-order valence-electron chi connectivity index (χ2n) is 5.31. The Bertz CT molecular complexity index is 610. The number of amides is 1. The van der Waals surface area contributed by atoms with Crippen molar-refractivity contribution in [2.45, 2.75) is 12.5 Å². The maximum atomic E-state index is 12.5. The molecule has 0 spiro atoms. The van der Waals surface area contributed by atoms with Gasteiger partial charge in [0.25, 0.3) is 5.91 Å². The molecule has 0 radical (unpaired) electrons. The fourth-order valence-corrected chi connectivity index (χ4v) is 2.77. The Morgan fingerprint density at radius 1 is 1.26 bits per heavy atom. The zero-order valence-electron chi connectivity index (χ0n) is 13.3. The van der Waals surface area contributed by atoms with Crippen molar-refractivity contribution in [3.63, 3.8) is 0 Å². The van der Waals surface area contributed by atoms with Crippen LogP contribution >= 0.6 is 0 Å². The molecule has 1 saturated heterocycles. The molecule has 0 unspecified atom stereocenters. The van der Waals surface area contributed by atoms with E-state index >= 15 is 0 Å². The van der Waals surface area contributed by atoms with Gasteiger partial charge < -0.3 is 23.9 Å². The first-order valence-corrected chi connectivity index (χ1v) is 7.55. The first-order chi connectivity index (χ1) is 11.2. The lowest BCUT2D eigenvalue weighted by molar-refractivity contribution is -0.146. The molecule has 1 aromatic carbocycles. The van der Waals surface area contributed by atoms with Crippen molar-refractivity contribution in [2.75, 3.05) is 40.5 Å². The predicted octanol–water partition coefficient (Wildman–Crippen LogP) is 1.06. The van der Waals surface area contributed by atoms with Crippen molar-refractivity contribution in [1.82, 2.24) is 4.90 Å². The van der Waals surface area contributed by atoms with Crippen molar-refractivity contribution in [1.29, 1.82) is 0 Å². The minimum atomic E-state index is -0.584. The fraction of sp³-hybridized carbons (Fsp3) is 0.500. The van der Waals surface area contributed by atoms with Crippen LogP contribution in [-0.4, -0.2) is 63.1 Å². The molecule has 2 aliphatic heterocycles. The second-order valence-corrected chi connectivity index (χ2v) is 5.31. The molecule has 2 aliphatic rings. The molecule has 1 amide bonds. The van der Waals surface area contributed by atoms with Crippen LogP contribution in [0.2, 0.25) is 0 Å². The number of methoxy groups -OCH3 is 2. The van der Waals surface area contributed by atoms with Gasteiger partial charge in [-0.1, -0.05) is 11.2 Å². The molecular formula is C16H20N2O5. The number of benzene rings is 1. The summed E-state index contributed by atoms with van der Waals surface area (Å²) in [7, 11) is 3.16. The maximum absolute atomic E-state index is 12.5. The van der Waals surface area contributed by atoms with Gasteiger partial charge in [0, 0.05) is 25.1 Å². The van der Waals surface area contributed by atoms with Gasteiger partial charge in [-0.2, -0.15) is 0 Å². The van der Waals surface area contributed by atoms with Gasteiger partial charge in [0.05, 0.1) is 33.1 Å². The van der Waals surface area contributed by atoms with Crippen LogP contribution in [0.15, 0.2) is 23.4 Å². The smallest absolute Gasteiger partial charge is 0.267 e. The Hall–Kier alpha value is -2.28. The van der Waals surface area contributed by atoms with E-state index < -0.39 is 6.10 Å². The lowest BCUT2D eigenvalue weighted by Gasteiger charge is -2.28. The summed E-state index contributed by atoms with van der Waals surface area (Å²) < 4.78 is 16.0. The molecule has 0 bridgehead atoms. The van der Waals surface area contributed by atoms with Gasteiger partial charge in [0.2, 0.25) is 6.10 Å². The van der Waals surface area contributed by atoms with Crippen LogP contribution in [0.1, 0.15) is 12.0 Å². The molecule has 0 N–H and O–H groups in total. The molecule has 1 aromatic rings. The van der Waals surface area contributed by atoms with Crippen LogP contribution in [0.3, 0.4) is 0 Å². The third-order valence-corrected chi connectivity index (χ3v) is 3.98. The standard InChI is InChI=1S/C16H20N2O5/c1-20-13-5-3-4-11(15(13)21-2)12-10-14(23-17-12)16(19)18-6-8-22-9-7-18/h3-5,14H,6-10H2,1-2H3/t14-/m1/s1. The fourth-order valence-electron chi connectivity index (χ4n) is 2.77. The maximum Gasteiger partial charge on any atom is 0.267 e. The molecule has 0 aromatic heterocycles. The minimum Gasteiger partial charge on any atom is -0.493 e. The largest absolute Gasteiger partial charge is 0.493 e. The van der Waals surface area contributed by atoms with E-state index in [0.29, 0.717) is 49.9 Å². The number of ether oxygens (including phenoxy) is 3. The Morgan fingerprint density at radius 2 is 2.04 bits per heavy atom. The zero-order valence-corrected chi connectivity index (χ0v) is 13.3. The van der Waals surface area contributed by atoms with Crippen molar-refractivity contribution in [3.8, 4) is 11.5 Å². The summed E-state index contributed by atoms with van der Waals surface area (Å²) in [6.45, 7) is 2.32. The number of hydrogen-bond acceptors (Lipinski definition) is 6. The average molecular weight is 320 g/mol. The van der Waals surface area contributed by atoms with Crippen LogP contribution in [0, 0.1) is 0 Å². The molecule has 0 aliphatic carbocycles. The minimum absolute atomic E-state index is 0.0473. The van der Waals surface area contributed by atoms with E-state index in [0.717, 1.165) is 5.56 Å². The first kappa shape index (κ1) is 15.6. The highest BCUT2D eigenvalue weighted by molar-refractivity contribution is 6.06. The van der Waals surface area contributed by atoms with Crippen LogP contribution in [0.25, 0.3) is 0 Å². The number of nitrogens with zero attached hydrogens (tertiary/aromatic N) is 2. The van der Waals surface area contributed by atoms with E-state index in [-0.39, 0.29) is 5.91 Å². The van der Waals surface area contributed by atoms with Crippen molar-refractivity contribution < 1.29 is 23.8 Å². The summed E-state index contributed by atoms with van der Waals surface area (Å²) in [5, 5.41) is 4.09. The number of rotatable bonds is 4. The number of carbonyl (C=O) groups excluding carboxylic acids is 1. The summed E-state index contributed by atoms with van der Waals surface area (Å²) in [6.07, 6.45) is -0.168. The van der Waals surface area contributed by atoms with E-state index in [9.17, 15) is 4.79 Å². The lowest BCUT2D eigenvalue weighted by Crippen LogP contribution is -2.45. The Balaban J connectivity index is 1.73. The highest BCUT2D eigenvalue weighted by Gasteiger charge is 2.34. The Morgan fingerprint density at radius 3 is 2.74 bits per heavy atom. The highest BCUT2D eigenvalue weighted by Crippen LogP contribution is 2.33. The van der Waals surface area contributed by atoms with Gasteiger partial charge in [-0.15, -0.1) is 0 Å². The topological polar surface area (TPSA) is 69.6 Å². The Kier molecular flexibility index (Phi) is 4.66. The summed E-state index contributed by atoms with van der Waals surface area (Å²) in [4.78, 5) is 19.6. The van der Waals surface area contributed by atoms with Crippen LogP contribution in [0.4, 0.5) is 0 Å². The van der Waals surface area contributed by atoms with Gasteiger partial charge in [-0.3, -0.25) is 4.79 Å². The number of carbonyl (C=O) groups is 1. The molecule has 0 saturated carbocycles. The van der Waals surface area contributed by atoms with Gasteiger partial charge in [0.15, 0.2) is 11.5 Å². The molecule has 3 rings (SSSR count). The summed E-state index contributed by atoms with van der Waals surface area (Å²) >= 11 is 0. The molecular weight excluding hydrogens is 300 g/mol. The van der Waals surface area contributed by atoms with Gasteiger partial charge in [-0.25, -0.2) is 0 Å². The molecule has 1 fully saturated rings. The van der Waals surface area contributed by atoms with Crippen LogP contribution in [0.5, 0.6) is 11.5 Å². The first-order valence-electron chi connectivity index (χ1n) is 7.55. The van der Waals surface area contributed by atoms with E-state index in [1.54, 1.807) is 19.1 Å². The van der Waals surface area contributed by atoms with Crippen molar-refractivity contribution >= 4 is 11.6 Å². The molecule has 7 heteroatoms. The highest BCUT2D eigenvalue weighted by atomic mass is 16.6. The number of oxime groups is 1. The molecule has 7 nitrogen and oxygen atoms in total. The lowest BCUT2D eigenvalue weighted by atomic mass is 10.0. The number of morpholine rings is 1. The number of hydrogen-bond donors (Lipinski definition) is 0. The normalized spacial score (nSPS) is 20.7. The monoisotopic (exact) mass is 320 g/mol. The average Bonchev–Trinajstić information content (AvgIpc) is 3.10. The third kappa shape index (κ3) is 3.10. The third-order valence-electron chi connectivity index (χ3n) is 3.98. The van der Waals surface area contributed by atoms with E-state index in [1.807, 2.05) is 18.2 Å². The van der Waals surface area contributed by atoms with Gasteiger partial charge in [-0.05, 0) is 12.1 Å². The SMILES string of the molecule is COc1cccc(C2=NO[C@@H](C(=O)N3CCOCC3)C2)c1OC. The van der Waals surface area contributed by atoms with Gasteiger partial charge in [0.1, 0.15) is 0 Å². The summed E-state index contributed by atoms with van der Waals surface area (Å²) in [6, 6.07) is 5.55.